The van der Waals surface area contributed by atoms with Crippen LogP contribution in [0.5, 0.6) is 0 Å². The predicted molar refractivity (Wildman–Crippen MR) is 107 cm³/mol. The van der Waals surface area contributed by atoms with Crippen LogP contribution in [0.4, 0.5) is 10.1 Å². The van der Waals surface area contributed by atoms with E-state index in [1.54, 1.807) is 23.1 Å². The molecular weight excluding hydrogens is 387 g/mol. The summed E-state index contributed by atoms with van der Waals surface area (Å²) in [5.41, 5.74) is 1.83. The number of hydrogen-bond donors (Lipinski definition) is 1. The first-order valence-electron chi connectivity index (χ1n) is 8.71. The van der Waals surface area contributed by atoms with Crippen molar-refractivity contribution in [1.29, 1.82) is 0 Å². The van der Waals surface area contributed by atoms with Gasteiger partial charge in [0.05, 0.1) is 18.0 Å². The van der Waals surface area contributed by atoms with Crippen molar-refractivity contribution in [3.05, 3.63) is 58.4 Å². The maximum absolute atomic E-state index is 13.3. The number of thioether (sulfide) groups is 1. The predicted octanol–water partition coefficient (Wildman–Crippen LogP) is 4.65. The van der Waals surface area contributed by atoms with Gasteiger partial charge in [-0.2, -0.15) is 0 Å². The normalized spacial score (nSPS) is 14.7. The van der Waals surface area contributed by atoms with Crippen LogP contribution in [0.3, 0.4) is 0 Å². The van der Waals surface area contributed by atoms with E-state index in [1.165, 1.54) is 23.9 Å². The third-order valence-corrected chi connectivity index (χ3v) is 5.90. The van der Waals surface area contributed by atoms with Crippen molar-refractivity contribution >= 4 is 40.9 Å². The summed E-state index contributed by atoms with van der Waals surface area (Å²) < 4.78 is 13.3. The number of nitrogens with one attached hydrogen (secondary N) is 1. The molecular formula is C20H20ClFN2O2S. The molecule has 0 bridgehead atoms. The summed E-state index contributed by atoms with van der Waals surface area (Å²) in [4.78, 5) is 27.5. The van der Waals surface area contributed by atoms with Crippen molar-refractivity contribution in [2.24, 2.45) is 0 Å². The first kappa shape index (κ1) is 19.7. The Morgan fingerprint density at radius 2 is 2.11 bits per heavy atom. The number of carbonyl (C=O) groups excluding carboxylic acids is 2. The Hall–Kier alpha value is -2.05. The van der Waals surface area contributed by atoms with Crippen molar-refractivity contribution in [2.75, 3.05) is 10.7 Å². The molecule has 1 heterocycles. The van der Waals surface area contributed by atoms with Gasteiger partial charge in [0, 0.05) is 21.5 Å². The summed E-state index contributed by atoms with van der Waals surface area (Å²) in [5.74, 6) is -0.361. The van der Waals surface area contributed by atoms with Crippen LogP contribution in [-0.2, 0) is 11.3 Å². The summed E-state index contributed by atoms with van der Waals surface area (Å²) in [7, 11) is 0. The summed E-state index contributed by atoms with van der Waals surface area (Å²) >= 11 is 7.57. The van der Waals surface area contributed by atoms with Crippen LogP contribution in [0.15, 0.2) is 41.3 Å². The average molecular weight is 407 g/mol. The minimum Gasteiger partial charge on any atom is -0.350 e. The zero-order valence-electron chi connectivity index (χ0n) is 15.1. The van der Waals surface area contributed by atoms with E-state index in [0.717, 1.165) is 11.3 Å². The molecule has 2 aromatic carbocycles. The Morgan fingerprint density at radius 1 is 1.33 bits per heavy atom. The van der Waals surface area contributed by atoms with E-state index in [-0.39, 0.29) is 29.4 Å². The van der Waals surface area contributed by atoms with E-state index in [1.807, 2.05) is 19.9 Å². The second kappa shape index (κ2) is 8.31. The molecule has 27 heavy (non-hydrogen) atoms. The SMILES string of the molecule is CCC(C)NC(=O)c1ccc2c(c1)N(Cc1ccc(F)cc1Cl)C(=O)CS2. The Kier molecular flexibility index (Phi) is 6.07. The number of rotatable bonds is 5. The molecule has 0 fully saturated rings. The number of hydrogen-bond acceptors (Lipinski definition) is 3. The number of carbonyl (C=O) groups is 2. The maximum atomic E-state index is 13.3. The minimum absolute atomic E-state index is 0.0682. The fourth-order valence-corrected chi connectivity index (χ4v) is 3.89. The van der Waals surface area contributed by atoms with Crippen LogP contribution >= 0.6 is 23.4 Å². The molecule has 0 saturated heterocycles. The molecule has 0 spiro atoms. The molecule has 3 rings (SSSR count). The van der Waals surface area contributed by atoms with Gasteiger partial charge >= 0.3 is 0 Å². The van der Waals surface area contributed by atoms with Crippen molar-refractivity contribution in [1.82, 2.24) is 5.32 Å². The topological polar surface area (TPSA) is 49.4 Å². The lowest BCUT2D eigenvalue weighted by atomic mass is 10.1. The molecule has 0 saturated carbocycles. The number of nitrogens with zero attached hydrogens (tertiary/aromatic N) is 1. The van der Waals surface area contributed by atoms with Gasteiger partial charge < -0.3 is 10.2 Å². The maximum Gasteiger partial charge on any atom is 0.251 e. The Bertz CT molecular complexity index is 890. The van der Waals surface area contributed by atoms with Gasteiger partial charge in [-0.15, -0.1) is 11.8 Å². The van der Waals surface area contributed by atoms with Gasteiger partial charge in [0.1, 0.15) is 5.82 Å². The first-order valence-corrected chi connectivity index (χ1v) is 10.1. The molecule has 4 nitrogen and oxygen atoms in total. The molecule has 0 aliphatic carbocycles. The molecule has 1 unspecified atom stereocenters. The molecule has 2 aromatic rings. The van der Waals surface area contributed by atoms with Crippen LogP contribution in [-0.4, -0.2) is 23.6 Å². The molecule has 1 N–H and O–H groups in total. The molecule has 1 atom stereocenters. The van der Waals surface area contributed by atoms with Crippen LogP contribution in [0, 0.1) is 5.82 Å². The lowest BCUT2D eigenvalue weighted by Gasteiger charge is -2.30. The number of halogens is 2. The second-order valence-electron chi connectivity index (χ2n) is 6.47. The number of anilines is 1. The molecule has 1 aliphatic heterocycles. The highest BCUT2D eigenvalue weighted by atomic mass is 35.5. The molecule has 142 valence electrons. The zero-order chi connectivity index (χ0) is 19.6. The van der Waals surface area contributed by atoms with Gasteiger partial charge in [0.2, 0.25) is 5.91 Å². The molecule has 0 radical (unpaired) electrons. The quantitative estimate of drug-likeness (QED) is 0.786. The van der Waals surface area contributed by atoms with Crippen molar-refractivity contribution in [3.8, 4) is 0 Å². The van der Waals surface area contributed by atoms with Gasteiger partial charge in [-0.3, -0.25) is 9.59 Å². The molecule has 1 aliphatic rings. The van der Waals surface area contributed by atoms with E-state index in [9.17, 15) is 14.0 Å². The highest BCUT2D eigenvalue weighted by molar-refractivity contribution is 8.00. The first-order chi connectivity index (χ1) is 12.9. The monoisotopic (exact) mass is 406 g/mol. The van der Waals surface area contributed by atoms with E-state index in [2.05, 4.69) is 5.32 Å². The number of fused-ring (bicyclic) bond motifs is 1. The standard InChI is InChI=1S/C20H20ClFN2O2S/c1-3-12(2)23-20(26)13-5-7-18-17(8-13)24(19(25)11-27-18)10-14-4-6-15(22)9-16(14)21/h4-9,12H,3,10-11H2,1-2H3,(H,23,26). The number of amides is 2. The van der Waals surface area contributed by atoms with Crippen molar-refractivity contribution in [3.63, 3.8) is 0 Å². The molecule has 2 amide bonds. The fraction of sp³-hybridized carbons (Fsp3) is 0.300. The van der Waals surface area contributed by atoms with Gasteiger partial charge in [-0.05, 0) is 49.2 Å². The Labute approximate surface area is 167 Å². The van der Waals surface area contributed by atoms with Crippen LogP contribution in [0.2, 0.25) is 5.02 Å². The van der Waals surface area contributed by atoms with Crippen molar-refractivity contribution in [2.45, 2.75) is 37.8 Å². The summed E-state index contributed by atoms with van der Waals surface area (Å²) in [5, 5.41) is 3.20. The zero-order valence-corrected chi connectivity index (χ0v) is 16.7. The smallest absolute Gasteiger partial charge is 0.251 e. The van der Waals surface area contributed by atoms with E-state index >= 15 is 0 Å². The Balaban J connectivity index is 1.92. The second-order valence-corrected chi connectivity index (χ2v) is 7.89. The Morgan fingerprint density at radius 3 is 2.81 bits per heavy atom. The average Bonchev–Trinajstić information content (AvgIpc) is 2.65. The number of benzene rings is 2. The summed E-state index contributed by atoms with van der Waals surface area (Å²) in [6.07, 6.45) is 0.834. The minimum atomic E-state index is -0.423. The van der Waals surface area contributed by atoms with E-state index in [0.29, 0.717) is 22.6 Å². The van der Waals surface area contributed by atoms with Gasteiger partial charge in [-0.25, -0.2) is 4.39 Å². The summed E-state index contributed by atoms with van der Waals surface area (Å²) in [6.45, 7) is 4.17. The van der Waals surface area contributed by atoms with Crippen LogP contribution in [0.1, 0.15) is 36.2 Å². The third kappa shape index (κ3) is 4.45. The lowest BCUT2D eigenvalue weighted by molar-refractivity contribution is -0.116. The highest BCUT2D eigenvalue weighted by Gasteiger charge is 2.26. The fourth-order valence-electron chi connectivity index (χ4n) is 2.75. The summed E-state index contributed by atoms with van der Waals surface area (Å²) in [6, 6.07) is 9.55. The van der Waals surface area contributed by atoms with E-state index < -0.39 is 5.82 Å². The highest BCUT2D eigenvalue weighted by Crippen LogP contribution is 2.37. The van der Waals surface area contributed by atoms with Gasteiger partial charge in [0.15, 0.2) is 0 Å². The molecule has 0 aromatic heterocycles. The van der Waals surface area contributed by atoms with Gasteiger partial charge in [-0.1, -0.05) is 24.6 Å². The third-order valence-electron chi connectivity index (χ3n) is 4.50. The van der Waals surface area contributed by atoms with Crippen LogP contribution in [0.25, 0.3) is 0 Å². The van der Waals surface area contributed by atoms with Crippen LogP contribution < -0.4 is 10.2 Å². The largest absolute Gasteiger partial charge is 0.350 e. The lowest BCUT2D eigenvalue weighted by Crippen LogP contribution is -2.36. The molecule has 7 heteroatoms. The van der Waals surface area contributed by atoms with Crippen molar-refractivity contribution < 1.29 is 14.0 Å². The van der Waals surface area contributed by atoms with E-state index in [4.69, 9.17) is 11.6 Å². The van der Waals surface area contributed by atoms with Gasteiger partial charge in [0.25, 0.3) is 5.91 Å².